The van der Waals surface area contributed by atoms with Gasteiger partial charge in [0.15, 0.2) is 5.78 Å². The van der Waals surface area contributed by atoms with E-state index in [0.29, 0.717) is 6.42 Å². The van der Waals surface area contributed by atoms with Crippen molar-refractivity contribution in [2.75, 3.05) is 7.11 Å². The zero-order valence-corrected chi connectivity index (χ0v) is 11.3. The first kappa shape index (κ1) is 13.3. The van der Waals surface area contributed by atoms with Crippen molar-refractivity contribution in [1.29, 1.82) is 0 Å². The van der Waals surface area contributed by atoms with Gasteiger partial charge in [0.2, 0.25) is 0 Å². The molecule has 2 aromatic rings. The topological polar surface area (TPSA) is 26.3 Å². The maximum absolute atomic E-state index is 12.0. The van der Waals surface area contributed by atoms with E-state index in [1.165, 1.54) is 5.56 Å². The maximum Gasteiger partial charge on any atom is 0.163 e. The molecule has 19 heavy (non-hydrogen) atoms. The number of carbonyl (C=O) groups excluding carboxylic acids is 1. The molecule has 2 aromatic carbocycles. The van der Waals surface area contributed by atoms with E-state index in [-0.39, 0.29) is 5.78 Å². The SMILES string of the molecule is COc1ccc(CCC(=O)c2ccc(C)cc2)cc1. The molecule has 0 fully saturated rings. The Hall–Kier alpha value is -2.09. The Morgan fingerprint density at radius 3 is 2.21 bits per heavy atom. The zero-order valence-electron chi connectivity index (χ0n) is 11.3. The maximum atomic E-state index is 12.0. The lowest BCUT2D eigenvalue weighted by molar-refractivity contribution is 0.0983. The van der Waals surface area contributed by atoms with Gasteiger partial charge in [-0.15, -0.1) is 0 Å². The monoisotopic (exact) mass is 254 g/mol. The van der Waals surface area contributed by atoms with Crippen LogP contribution in [-0.4, -0.2) is 12.9 Å². The van der Waals surface area contributed by atoms with Crippen molar-refractivity contribution < 1.29 is 9.53 Å². The number of hydrogen-bond donors (Lipinski definition) is 0. The first-order chi connectivity index (χ1) is 9.19. The van der Waals surface area contributed by atoms with Crippen LogP contribution < -0.4 is 4.74 Å². The predicted octanol–water partition coefficient (Wildman–Crippen LogP) is 3.82. The Kier molecular flexibility index (Phi) is 4.35. The Balaban J connectivity index is 1.94. The molecule has 0 aliphatic heterocycles. The van der Waals surface area contributed by atoms with Gasteiger partial charge in [-0.3, -0.25) is 4.79 Å². The number of rotatable bonds is 5. The van der Waals surface area contributed by atoms with Crippen molar-refractivity contribution in [3.63, 3.8) is 0 Å². The minimum absolute atomic E-state index is 0.191. The minimum atomic E-state index is 0.191. The normalized spacial score (nSPS) is 10.2. The van der Waals surface area contributed by atoms with E-state index >= 15 is 0 Å². The van der Waals surface area contributed by atoms with Crippen molar-refractivity contribution >= 4 is 5.78 Å². The van der Waals surface area contributed by atoms with Crippen molar-refractivity contribution in [2.24, 2.45) is 0 Å². The highest BCUT2D eigenvalue weighted by atomic mass is 16.5. The average Bonchev–Trinajstić information content (AvgIpc) is 2.46. The van der Waals surface area contributed by atoms with Gasteiger partial charge in [-0.1, -0.05) is 42.0 Å². The molecule has 0 saturated heterocycles. The number of methoxy groups -OCH3 is 1. The Morgan fingerprint density at radius 1 is 1.00 bits per heavy atom. The largest absolute Gasteiger partial charge is 0.497 e. The Bertz CT molecular complexity index is 538. The molecular weight excluding hydrogens is 236 g/mol. The second kappa shape index (κ2) is 6.19. The molecule has 0 saturated carbocycles. The molecule has 2 rings (SSSR count). The summed E-state index contributed by atoms with van der Waals surface area (Å²) in [5, 5.41) is 0. The van der Waals surface area contributed by atoms with Crippen LogP contribution in [-0.2, 0) is 6.42 Å². The van der Waals surface area contributed by atoms with Gasteiger partial charge in [0, 0.05) is 12.0 Å². The third-order valence-electron chi connectivity index (χ3n) is 3.17. The molecule has 0 bridgehead atoms. The van der Waals surface area contributed by atoms with Crippen LogP contribution in [0.5, 0.6) is 5.75 Å². The van der Waals surface area contributed by atoms with Gasteiger partial charge >= 0.3 is 0 Å². The highest BCUT2D eigenvalue weighted by molar-refractivity contribution is 5.96. The molecule has 0 spiro atoms. The van der Waals surface area contributed by atoms with Crippen LogP contribution in [0.3, 0.4) is 0 Å². The summed E-state index contributed by atoms with van der Waals surface area (Å²) in [5.74, 6) is 1.03. The smallest absolute Gasteiger partial charge is 0.163 e. The van der Waals surface area contributed by atoms with Crippen molar-refractivity contribution in [2.45, 2.75) is 19.8 Å². The third kappa shape index (κ3) is 3.68. The Labute approximate surface area is 114 Å². The van der Waals surface area contributed by atoms with Crippen LogP contribution >= 0.6 is 0 Å². The van der Waals surface area contributed by atoms with Crippen LogP contribution in [0.4, 0.5) is 0 Å². The number of benzene rings is 2. The molecule has 0 atom stereocenters. The quantitative estimate of drug-likeness (QED) is 0.758. The first-order valence-corrected chi connectivity index (χ1v) is 6.42. The summed E-state index contributed by atoms with van der Waals surface area (Å²) in [6.07, 6.45) is 1.30. The van der Waals surface area contributed by atoms with E-state index in [9.17, 15) is 4.79 Å². The number of Topliss-reactive ketones (excluding diaryl/α,β-unsaturated/α-hetero) is 1. The molecule has 98 valence electrons. The van der Waals surface area contributed by atoms with E-state index in [0.717, 1.165) is 23.3 Å². The summed E-state index contributed by atoms with van der Waals surface area (Å²) in [6.45, 7) is 2.02. The summed E-state index contributed by atoms with van der Waals surface area (Å²) < 4.78 is 5.11. The summed E-state index contributed by atoms with van der Waals surface area (Å²) in [5.41, 5.74) is 3.12. The van der Waals surface area contributed by atoms with Gasteiger partial charge in [0.1, 0.15) is 5.75 Å². The molecule has 0 radical (unpaired) electrons. The van der Waals surface area contributed by atoms with Crippen LogP contribution in [0, 0.1) is 6.92 Å². The summed E-state index contributed by atoms with van der Waals surface area (Å²) in [6, 6.07) is 15.6. The van der Waals surface area contributed by atoms with Gasteiger partial charge in [0.05, 0.1) is 7.11 Å². The first-order valence-electron chi connectivity index (χ1n) is 6.42. The Morgan fingerprint density at radius 2 is 1.63 bits per heavy atom. The lowest BCUT2D eigenvalue weighted by atomic mass is 10.0. The van der Waals surface area contributed by atoms with Gasteiger partial charge < -0.3 is 4.74 Å². The van der Waals surface area contributed by atoms with Crippen LogP contribution in [0.2, 0.25) is 0 Å². The predicted molar refractivity (Wildman–Crippen MR) is 76.8 cm³/mol. The van der Waals surface area contributed by atoms with E-state index in [1.54, 1.807) is 7.11 Å². The van der Waals surface area contributed by atoms with Gasteiger partial charge in [0.25, 0.3) is 0 Å². The van der Waals surface area contributed by atoms with Crippen molar-refractivity contribution in [3.8, 4) is 5.75 Å². The fraction of sp³-hybridized carbons (Fsp3) is 0.235. The third-order valence-corrected chi connectivity index (χ3v) is 3.17. The van der Waals surface area contributed by atoms with E-state index in [4.69, 9.17) is 4.74 Å². The molecule has 2 nitrogen and oxygen atoms in total. The van der Waals surface area contributed by atoms with E-state index in [2.05, 4.69) is 0 Å². The molecule has 0 heterocycles. The molecule has 2 heteroatoms. The molecular formula is C17H18O2. The lowest BCUT2D eigenvalue weighted by Crippen LogP contribution is -2.01. The number of ketones is 1. The molecule has 0 aliphatic carbocycles. The molecule has 0 aliphatic rings. The number of carbonyl (C=O) groups is 1. The highest BCUT2D eigenvalue weighted by Crippen LogP contribution is 2.14. The summed E-state index contributed by atoms with van der Waals surface area (Å²) in [7, 11) is 1.65. The van der Waals surface area contributed by atoms with Crippen molar-refractivity contribution in [3.05, 3.63) is 65.2 Å². The van der Waals surface area contributed by atoms with E-state index in [1.807, 2.05) is 55.5 Å². The van der Waals surface area contributed by atoms with Gasteiger partial charge in [-0.05, 0) is 31.0 Å². The molecule has 0 N–H and O–H groups in total. The van der Waals surface area contributed by atoms with Gasteiger partial charge in [-0.2, -0.15) is 0 Å². The fourth-order valence-electron chi connectivity index (χ4n) is 1.93. The zero-order chi connectivity index (χ0) is 13.7. The molecule has 0 amide bonds. The van der Waals surface area contributed by atoms with E-state index < -0.39 is 0 Å². The average molecular weight is 254 g/mol. The van der Waals surface area contributed by atoms with Crippen LogP contribution in [0.15, 0.2) is 48.5 Å². The second-order valence-corrected chi connectivity index (χ2v) is 4.64. The molecule has 0 aromatic heterocycles. The highest BCUT2D eigenvalue weighted by Gasteiger charge is 2.05. The molecule has 0 unspecified atom stereocenters. The lowest BCUT2D eigenvalue weighted by Gasteiger charge is -2.04. The summed E-state index contributed by atoms with van der Waals surface area (Å²) >= 11 is 0. The standard InChI is InChI=1S/C17H18O2/c1-13-3-8-15(9-4-13)17(18)12-7-14-5-10-16(19-2)11-6-14/h3-6,8-11H,7,12H2,1-2H3. The summed E-state index contributed by atoms with van der Waals surface area (Å²) in [4.78, 5) is 12.0. The van der Waals surface area contributed by atoms with Crippen LogP contribution in [0.1, 0.15) is 27.9 Å². The fourth-order valence-corrected chi connectivity index (χ4v) is 1.93. The second-order valence-electron chi connectivity index (χ2n) is 4.64. The minimum Gasteiger partial charge on any atom is -0.497 e. The van der Waals surface area contributed by atoms with Crippen LogP contribution in [0.25, 0.3) is 0 Å². The van der Waals surface area contributed by atoms with Crippen molar-refractivity contribution in [1.82, 2.24) is 0 Å². The van der Waals surface area contributed by atoms with Gasteiger partial charge in [-0.25, -0.2) is 0 Å². The number of ether oxygens (including phenoxy) is 1. The number of hydrogen-bond acceptors (Lipinski definition) is 2. The number of aryl methyl sites for hydroxylation is 2.